The molecule has 4 rings (SSSR count). The number of hydrogen-bond acceptors (Lipinski definition) is 4. The highest BCUT2D eigenvalue weighted by atomic mass is 35.5. The lowest BCUT2D eigenvalue weighted by Gasteiger charge is -2.35. The minimum Gasteiger partial charge on any atom is -0.313 e. The first-order valence-corrected chi connectivity index (χ1v) is 10.4. The van der Waals surface area contributed by atoms with Crippen LogP contribution in [0.4, 0.5) is 4.39 Å². The van der Waals surface area contributed by atoms with E-state index in [-0.39, 0.29) is 24.0 Å². The number of hydrogen-bond donors (Lipinski definition) is 1. The van der Waals surface area contributed by atoms with Crippen LogP contribution in [-0.4, -0.2) is 37.3 Å². The van der Waals surface area contributed by atoms with Crippen LogP contribution in [0.1, 0.15) is 17.2 Å². The van der Waals surface area contributed by atoms with E-state index in [1.54, 1.807) is 24.4 Å². The Labute approximate surface area is 170 Å². The summed E-state index contributed by atoms with van der Waals surface area (Å²) in [5.41, 5.74) is 2.02. The summed E-state index contributed by atoms with van der Waals surface area (Å²) in [7, 11) is -3.61. The molecule has 1 fully saturated rings. The molecule has 2 heterocycles. The Kier molecular flexibility index (Phi) is 6.30. The molecule has 5 nitrogen and oxygen atoms in total. The highest BCUT2D eigenvalue weighted by Gasteiger charge is 2.33. The number of rotatable bonds is 4. The minimum absolute atomic E-state index is 0. The van der Waals surface area contributed by atoms with Crippen molar-refractivity contribution in [3.8, 4) is 0 Å². The number of nitrogens with one attached hydrogen (secondary N) is 1. The molecule has 148 valence electrons. The first kappa shape index (κ1) is 20.7. The highest BCUT2D eigenvalue weighted by Crippen LogP contribution is 2.28. The van der Waals surface area contributed by atoms with Crippen LogP contribution in [0, 0.1) is 5.82 Å². The minimum atomic E-state index is -3.61. The number of halogens is 2. The van der Waals surface area contributed by atoms with Crippen molar-refractivity contribution in [2.75, 3.05) is 19.6 Å². The van der Waals surface area contributed by atoms with Gasteiger partial charge in [0, 0.05) is 31.2 Å². The number of sulfonamides is 1. The van der Waals surface area contributed by atoms with E-state index in [2.05, 4.69) is 10.3 Å². The molecule has 0 spiro atoms. The highest BCUT2D eigenvalue weighted by molar-refractivity contribution is 7.88. The number of piperazine rings is 1. The number of benzene rings is 2. The third-order valence-electron chi connectivity index (χ3n) is 4.84. The fourth-order valence-electron chi connectivity index (χ4n) is 3.58. The van der Waals surface area contributed by atoms with Gasteiger partial charge in [0.15, 0.2) is 0 Å². The van der Waals surface area contributed by atoms with Gasteiger partial charge in [0.1, 0.15) is 5.82 Å². The second kappa shape index (κ2) is 8.53. The maximum atomic E-state index is 13.7. The van der Waals surface area contributed by atoms with Crippen LogP contribution in [0.15, 0.2) is 60.8 Å². The van der Waals surface area contributed by atoms with E-state index >= 15 is 0 Å². The maximum Gasteiger partial charge on any atom is 0.219 e. The summed E-state index contributed by atoms with van der Waals surface area (Å²) in [4.78, 5) is 4.35. The first-order valence-electron chi connectivity index (χ1n) is 8.83. The maximum absolute atomic E-state index is 13.7. The van der Waals surface area contributed by atoms with E-state index in [1.807, 2.05) is 24.3 Å². The smallest absolute Gasteiger partial charge is 0.219 e. The zero-order valence-electron chi connectivity index (χ0n) is 15.1. The van der Waals surface area contributed by atoms with E-state index in [0.717, 1.165) is 5.39 Å². The predicted molar refractivity (Wildman–Crippen MR) is 110 cm³/mol. The fourth-order valence-corrected chi connectivity index (χ4v) is 5.33. The van der Waals surface area contributed by atoms with Gasteiger partial charge in [-0.3, -0.25) is 4.98 Å². The average molecular weight is 422 g/mol. The Bertz CT molecular complexity index is 1070. The van der Waals surface area contributed by atoms with Gasteiger partial charge in [0.2, 0.25) is 10.0 Å². The van der Waals surface area contributed by atoms with Gasteiger partial charge in [0.05, 0.1) is 17.3 Å². The fraction of sp³-hybridized carbons (Fsp3) is 0.250. The standard InChI is InChI=1S/C20H20FN3O2S.ClH/c21-18-8-2-5-16(12-18)19-13-22-10-11-24(19)27(25,26)14-17-6-1-4-15-7-3-9-23-20(15)17;/h1-9,12,19,22H,10-11,13-14H2;1H. The third-order valence-corrected chi connectivity index (χ3v) is 6.67. The Balaban J connectivity index is 0.00000225. The second-order valence-electron chi connectivity index (χ2n) is 6.63. The monoisotopic (exact) mass is 421 g/mol. The third kappa shape index (κ3) is 4.17. The van der Waals surface area contributed by atoms with Crippen molar-refractivity contribution < 1.29 is 12.8 Å². The van der Waals surface area contributed by atoms with Crippen LogP contribution < -0.4 is 5.32 Å². The summed E-state index contributed by atoms with van der Waals surface area (Å²) in [6, 6.07) is 15.0. The molecule has 1 aliphatic rings. The molecular weight excluding hydrogens is 401 g/mol. The van der Waals surface area contributed by atoms with Gasteiger partial charge >= 0.3 is 0 Å². The summed E-state index contributed by atoms with van der Waals surface area (Å²) < 4.78 is 41.6. The van der Waals surface area contributed by atoms with Crippen LogP contribution in [-0.2, 0) is 15.8 Å². The van der Waals surface area contributed by atoms with Crippen molar-refractivity contribution in [2.45, 2.75) is 11.8 Å². The molecule has 1 atom stereocenters. The van der Waals surface area contributed by atoms with E-state index < -0.39 is 16.1 Å². The van der Waals surface area contributed by atoms with Crippen molar-refractivity contribution in [1.82, 2.24) is 14.6 Å². The molecule has 1 saturated heterocycles. The number of fused-ring (bicyclic) bond motifs is 1. The van der Waals surface area contributed by atoms with Crippen molar-refractivity contribution >= 4 is 33.3 Å². The Hall–Kier alpha value is -2.06. The van der Waals surface area contributed by atoms with Gasteiger partial charge in [0.25, 0.3) is 0 Å². The van der Waals surface area contributed by atoms with Gasteiger partial charge in [-0.25, -0.2) is 12.8 Å². The molecule has 0 bridgehead atoms. The topological polar surface area (TPSA) is 62.3 Å². The lowest BCUT2D eigenvalue weighted by Crippen LogP contribution is -2.49. The van der Waals surface area contributed by atoms with Crippen molar-refractivity contribution in [3.63, 3.8) is 0 Å². The second-order valence-corrected chi connectivity index (χ2v) is 8.56. The zero-order valence-corrected chi connectivity index (χ0v) is 16.7. The summed E-state index contributed by atoms with van der Waals surface area (Å²) >= 11 is 0. The molecule has 1 aliphatic heterocycles. The molecule has 0 aliphatic carbocycles. The first-order chi connectivity index (χ1) is 13.0. The van der Waals surface area contributed by atoms with Crippen LogP contribution in [0.2, 0.25) is 0 Å². The van der Waals surface area contributed by atoms with Gasteiger partial charge in [-0.1, -0.05) is 36.4 Å². The van der Waals surface area contributed by atoms with E-state index in [1.165, 1.54) is 16.4 Å². The lowest BCUT2D eigenvalue weighted by atomic mass is 10.1. The molecule has 2 aromatic carbocycles. The average Bonchev–Trinajstić information content (AvgIpc) is 2.68. The number of nitrogens with zero attached hydrogens (tertiary/aromatic N) is 2. The van der Waals surface area contributed by atoms with Crippen LogP contribution in [0.25, 0.3) is 10.9 Å². The summed E-state index contributed by atoms with van der Waals surface area (Å²) in [5.74, 6) is -0.499. The van der Waals surface area contributed by atoms with Gasteiger partial charge in [-0.2, -0.15) is 4.31 Å². The van der Waals surface area contributed by atoms with E-state index in [9.17, 15) is 12.8 Å². The molecule has 0 radical (unpaired) electrons. The van der Waals surface area contributed by atoms with Crippen molar-refractivity contribution in [3.05, 3.63) is 77.7 Å². The molecule has 0 saturated carbocycles. The molecule has 1 unspecified atom stereocenters. The zero-order chi connectivity index (χ0) is 18.9. The number of aromatic nitrogens is 1. The van der Waals surface area contributed by atoms with Crippen LogP contribution in [0.3, 0.4) is 0 Å². The number of pyridine rings is 1. The molecule has 3 aromatic rings. The lowest BCUT2D eigenvalue weighted by molar-refractivity contribution is 0.270. The Morgan fingerprint density at radius 3 is 2.75 bits per heavy atom. The predicted octanol–water partition coefficient (Wildman–Crippen LogP) is 3.27. The van der Waals surface area contributed by atoms with E-state index in [4.69, 9.17) is 0 Å². The SMILES string of the molecule is Cl.O=S(=O)(Cc1cccc2cccnc12)N1CCNCC1c1cccc(F)c1. The van der Waals surface area contributed by atoms with Crippen molar-refractivity contribution in [2.24, 2.45) is 0 Å². The van der Waals surface area contributed by atoms with Crippen molar-refractivity contribution in [1.29, 1.82) is 0 Å². The summed E-state index contributed by atoms with van der Waals surface area (Å²) in [6.07, 6.45) is 1.67. The number of para-hydroxylation sites is 1. The van der Waals surface area contributed by atoms with Gasteiger partial charge in [-0.15, -0.1) is 12.4 Å². The summed E-state index contributed by atoms with van der Waals surface area (Å²) in [5, 5.41) is 4.12. The Morgan fingerprint density at radius 1 is 1.14 bits per heavy atom. The van der Waals surface area contributed by atoms with Gasteiger partial charge in [-0.05, 0) is 29.3 Å². The summed E-state index contributed by atoms with van der Waals surface area (Å²) in [6.45, 7) is 1.37. The van der Waals surface area contributed by atoms with E-state index in [0.29, 0.717) is 36.3 Å². The molecule has 1 N–H and O–H groups in total. The molecule has 0 amide bonds. The Morgan fingerprint density at radius 2 is 1.93 bits per heavy atom. The van der Waals surface area contributed by atoms with Crippen LogP contribution in [0.5, 0.6) is 0 Å². The van der Waals surface area contributed by atoms with Crippen LogP contribution >= 0.6 is 12.4 Å². The largest absolute Gasteiger partial charge is 0.313 e. The van der Waals surface area contributed by atoms with Gasteiger partial charge < -0.3 is 5.32 Å². The molecular formula is C20H21ClFN3O2S. The quantitative estimate of drug-likeness (QED) is 0.702. The molecule has 1 aromatic heterocycles. The normalized spacial score (nSPS) is 18.0. The molecule has 28 heavy (non-hydrogen) atoms. The molecule has 8 heteroatoms.